The lowest BCUT2D eigenvalue weighted by atomic mass is 9.96. The average molecular weight is 445 g/mol. The number of pyridine rings is 1. The molecule has 1 fully saturated rings. The van der Waals surface area contributed by atoms with E-state index in [-0.39, 0.29) is 5.91 Å². The molecular weight excluding hydrogens is 406 g/mol. The SMILES string of the molecule is C/C=C(C1=Cc2cnc(NC(=O)C3CC3F)cc2PC1)\C(C)=C/CCCCC.CCC. The van der Waals surface area contributed by atoms with Crippen molar-refractivity contribution in [1.29, 1.82) is 0 Å². The minimum Gasteiger partial charge on any atom is -0.310 e. The molecule has 0 spiro atoms. The topological polar surface area (TPSA) is 42.0 Å². The van der Waals surface area contributed by atoms with Crippen LogP contribution in [0.4, 0.5) is 10.2 Å². The van der Waals surface area contributed by atoms with Crippen LogP contribution in [0.3, 0.4) is 0 Å². The Morgan fingerprint density at radius 3 is 2.65 bits per heavy atom. The van der Waals surface area contributed by atoms with Crippen LogP contribution in [0, 0.1) is 5.92 Å². The number of aromatic nitrogens is 1. The van der Waals surface area contributed by atoms with Gasteiger partial charge in [0.05, 0.1) is 5.92 Å². The number of unbranched alkanes of at least 4 members (excludes halogenated alkanes) is 3. The molecular formula is C26H38FN2OP. The fourth-order valence-corrected chi connectivity index (χ4v) is 4.80. The number of hydrogen-bond acceptors (Lipinski definition) is 2. The molecule has 3 nitrogen and oxygen atoms in total. The molecule has 3 atom stereocenters. The monoisotopic (exact) mass is 444 g/mol. The van der Waals surface area contributed by atoms with Crippen LogP contribution >= 0.6 is 8.58 Å². The first-order valence-corrected chi connectivity index (χ1v) is 12.9. The van der Waals surface area contributed by atoms with Gasteiger partial charge in [-0.05, 0) is 73.4 Å². The first kappa shape index (κ1) is 25.5. The number of carbonyl (C=O) groups excluding carboxylic acids is 1. The van der Waals surface area contributed by atoms with Crippen LogP contribution in [0.5, 0.6) is 0 Å². The zero-order valence-electron chi connectivity index (χ0n) is 19.7. The zero-order valence-corrected chi connectivity index (χ0v) is 20.7. The Balaban J connectivity index is 0.00000107. The maximum Gasteiger partial charge on any atom is 0.231 e. The van der Waals surface area contributed by atoms with Gasteiger partial charge in [-0.3, -0.25) is 4.79 Å². The van der Waals surface area contributed by atoms with Gasteiger partial charge in [0.1, 0.15) is 12.0 Å². The molecule has 31 heavy (non-hydrogen) atoms. The molecule has 170 valence electrons. The number of allylic oxidation sites excluding steroid dienone is 5. The van der Waals surface area contributed by atoms with Crippen LogP contribution in [0.15, 0.2) is 41.1 Å². The highest BCUT2D eigenvalue weighted by atomic mass is 31.1. The van der Waals surface area contributed by atoms with Crippen molar-refractivity contribution in [3.8, 4) is 0 Å². The third-order valence-corrected chi connectivity index (χ3v) is 6.72. The van der Waals surface area contributed by atoms with Gasteiger partial charge in [0.15, 0.2) is 0 Å². The van der Waals surface area contributed by atoms with Gasteiger partial charge in [-0.25, -0.2) is 9.37 Å². The minimum absolute atomic E-state index is 0.254. The van der Waals surface area contributed by atoms with Crippen LogP contribution in [0.1, 0.15) is 78.7 Å². The second kappa shape index (κ2) is 12.9. The molecule has 0 aromatic carbocycles. The minimum atomic E-state index is -0.984. The summed E-state index contributed by atoms with van der Waals surface area (Å²) in [5.41, 5.74) is 5.15. The Morgan fingerprint density at radius 2 is 2.03 bits per heavy atom. The number of carbonyl (C=O) groups is 1. The molecule has 1 aromatic rings. The van der Waals surface area contributed by atoms with E-state index in [1.54, 1.807) is 0 Å². The van der Waals surface area contributed by atoms with Crippen molar-refractivity contribution >= 4 is 31.7 Å². The van der Waals surface area contributed by atoms with Crippen molar-refractivity contribution < 1.29 is 9.18 Å². The first-order chi connectivity index (χ1) is 14.9. The van der Waals surface area contributed by atoms with E-state index in [1.165, 1.54) is 47.7 Å². The van der Waals surface area contributed by atoms with E-state index in [0.29, 0.717) is 20.8 Å². The van der Waals surface area contributed by atoms with E-state index >= 15 is 0 Å². The highest BCUT2D eigenvalue weighted by Gasteiger charge is 2.43. The standard InChI is InChI=1S/C23H30FN2OP.C3H8/c1-4-6-7-8-9-15(3)18(5-2)17-10-16-13-25-22(12-21(16)28-14-17)26-23(27)19-11-20(19)24;1-3-2/h5,9-10,12-13,19-20,28H,4,6-8,11,14H2,1-3H3,(H,25,26,27);3H2,1-2H3/b15-9-,18-5+;. The first-order valence-electron chi connectivity index (χ1n) is 11.7. The summed E-state index contributed by atoms with van der Waals surface area (Å²) in [4.78, 5) is 16.3. The van der Waals surface area contributed by atoms with Gasteiger partial charge in [0, 0.05) is 11.8 Å². The van der Waals surface area contributed by atoms with E-state index < -0.39 is 12.1 Å². The molecule has 0 radical (unpaired) electrons. The van der Waals surface area contributed by atoms with Gasteiger partial charge in [-0.1, -0.05) is 60.8 Å². The average Bonchev–Trinajstić information content (AvgIpc) is 3.49. The van der Waals surface area contributed by atoms with E-state index in [1.807, 2.05) is 12.3 Å². The number of nitrogens with zero attached hydrogens (tertiary/aromatic N) is 1. The fraction of sp³-hybridized carbons (Fsp3) is 0.538. The van der Waals surface area contributed by atoms with Gasteiger partial charge in [-0.15, -0.1) is 0 Å². The van der Waals surface area contributed by atoms with Gasteiger partial charge in [0.25, 0.3) is 0 Å². The lowest BCUT2D eigenvalue weighted by Gasteiger charge is -2.20. The van der Waals surface area contributed by atoms with Crippen LogP contribution in [0.2, 0.25) is 0 Å². The number of nitrogens with one attached hydrogen (secondary N) is 1. The molecule has 5 heteroatoms. The van der Waals surface area contributed by atoms with Gasteiger partial charge < -0.3 is 5.32 Å². The largest absolute Gasteiger partial charge is 0.310 e. The van der Waals surface area contributed by atoms with Crippen LogP contribution in [0.25, 0.3) is 6.08 Å². The van der Waals surface area contributed by atoms with E-state index in [4.69, 9.17) is 0 Å². The number of halogens is 1. The van der Waals surface area contributed by atoms with E-state index in [9.17, 15) is 9.18 Å². The molecule has 1 aliphatic carbocycles. The molecule has 2 aliphatic rings. The molecule has 1 aromatic heterocycles. The lowest BCUT2D eigenvalue weighted by molar-refractivity contribution is -0.117. The summed E-state index contributed by atoms with van der Waals surface area (Å²) >= 11 is 0. The molecule has 1 N–H and O–H groups in total. The summed E-state index contributed by atoms with van der Waals surface area (Å²) < 4.78 is 13.0. The van der Waals surface area contributed by atoms with E-state index in [0.717, 1.165) is 18.1 Å². The summed E-state index contributed by atoms with van der Waals surface area (Å²) in [6.45, 7) is 10.8. The lowest BCUT2D eigenvalue weighted by Crippen LogP contribution is -2.18. The molecule has 1 amide bonds. The van der Waals surface area contributed by atoms with Crippen molar-refractivity contribution in [1.82, 2.24) is 4.98 Å². The summed E-state index contributed by atoms with van der Waals surface area (Å²) in [6.07, 6.45) is 15.1. The predicted octanol–water partition coefficient (Wildman–Crippen LogP) is 6.97. The summed E-state index contributed by atoms with van der Waals surface area (Å²) in [7, 11) is 0.640. The predicted molar refractivity (Wildman–Crippen MR) is 134 cm³/mol. The Bertz CT molecular complexity index is 844. The molecule has 0 saturated heterocycles. The number of anilines is 1. The van der Waals surface area contributed by atoms with E-state index in [2.05, 4.69) is 63.1 Å². The van der Waals surface area contributed by atoms with Crippen molar-refractivity contribution in [3.63, 3.8) is 0 Å². The highest BCUT2D eigenvalue weighted by molar-refractivity contribution is 7.47. The third-order valence-electron chi connectivity index (χ3n) is 5.35. The Hall–Kier alpha value is -1.80. The van der Waals surface area contributed by atoms with Gasteiger partial charge in [-0.2, -0.15) is 0 Å². The smallest absolute Gasteiger partial charge is 0.231 e. The normalized spacial score (nSPS) is 21.0. The summed E-state index contributed by atoms with van der Waals surface area (Å²) in [5.74, 6) is -0.211. The van der Waals surface area contributed by atoms with Crippen molar-refractivity contribution in [2.24, 2.45) is 5.92 Å². The van der Waals surface area contributed by atoms with Gasteiger partial charge >= 0.3 is 0 Å². The highest BCUT2D eigenvalue weighted by Crippen LogP contribution is 2.35. The Labute approximate surface area is 189 Å². The fourth-order valence-electron chi connectivity index (χ4n) is 3.55. The van der Waals surface area contributed by atoms with Crippen molar-refractivity contribution in [2.45, 2.75) is 79.3 Å². The number of amides is 1. The van der Waals surface area contributed by atoms with Crippen LogP contribution in [-0.4, -0.2) is 23.2 Å². The Kier molecular flexibility index (Phi) is 10.6. The summed E-state index contributed by atoms with van der Waals surface area (Å²) in [5, 5.41) is 3.96. The van der Waals surface area contributed by atoms with Crippen molar-refractivity contribution in [2.75, 3.05) is 11.5 Å². The second-order valence-corrected chi connectivity index (χ2v) is 9.57. The molecule has 1 aliphatic heterocycles. The second-order valence-electron chi connectivity index (χ2n) is 8.32. The number of rotatable bonds is 8. The molecule has 2 heterocycles. The third kappa shape index (κ3) is 7.68. The molecule has 1 saturated carbocycles. The van der Waals surface area contributed by atoms with Crippen molar-refractivity contribution in [3.05, 3.63) is 46.7 Å². The number of alkyl halides is 1. The van der Waals surface area contributed by atoms with Crippen LogP contribution < -0.4 is 10.6 Å². The molecule has 0 bridgehead atoms. The zero-order chi connectivity index (χ0) is 22.8. The van der Waals surface area contributed by atoms with Crippen LogP contribution in [-0.2, 0) is 4.79 Å². The summed E-state index contributed by atoms with van der Waals surface area (Å²) in [6, 6.07) is 1.94. The maximum absolute atomic E-state index is 13.0. The molecule has 3 rings (SSSR count). The molecule has 3 unspecified atom stereocenters. The number of hydrogen-bond donors (Lipinski definition) is 1. The Morgan fingerprint density at radius 1 is 1.32 bits per heavy atom. The van der Waals surface area contributed by atoms with Gasteiger partial charge in [0.2, 0.25) is 5.91 Å². The maximum atomic E-state index is 13.0. The number of fused-ring (bicyclic) bond motifs is 1. The quantitative estimate of drug-likeness (QED) is 0.267.